The number of carbonyl (C=O) groups is 2. The van der Waals surface area contributed by atoms with Crippen molar-refractivity contribution in [2.24, 2.45) is 5.92 Å². The number of carbonyl (C=O) groups excluding carboxylic acids is 2. The smallest absolute Gasteiger partial charge is 0.326 e. The lowest BCUT2D eigenvalue weighted by molar-refractivity contribution is -0.118. The van der Waals surface area contributed by atoms with Crippen LogP contribution in [-0.4, -0.2) is 48.4 Å². The van der Waals surface area contributed by atoms with Gasteiger partial charge < -0.3 is 30.7 Å². The van der Waals surface area contributed by atoms with E-state index in [9.17, 15) is 14.7 Å². The molecule has 3 rings (SSSR count). The van der Waals surface area contributed by atoms with Crippen LogP contribution in [0.3, 0.4) is 0 Å². The number of pyridine rings is 1. The predicted octanol–water partition coefficient (Wildman–Crippen LogP) is 6.63. The van der Waals surface area contributed by atoms with Gasteiger partial charge in [-0.15, -0.1) is 0 Å². The van der Waals surface area contributed by atoms with E-state index in [4.69, 9.17) is 9.72 Å². The molecule has 0 radical (unpaired) electrons. The van der Waals surface area contributed by atoms with Gasteiger partial charge in [0, 0.05) is 31.6 Å². The summed E-state index contributed by atoms with van der Waals surface area (Å²) in [7, 11) is 0. The largest absolute Gasteiger partial charge is 0.506 e. The molecule has 10 heteroatoms. The van der Waals surface area contributed by atoms with Crippen LogP contribution in [0.1, 0.15) is 53.2 Å². The van der Waals surface area contributed by atoms with Crippen LogP contribution in [-0.2, 0) is 4.79 Å². The minimum atomic E-state index is -0.374. The summed E-state index contributed by atoms with van der Waals surface area (Å²) in [5.41, 5.74) is 2.19. The lowest BCUT2D eigenvalue weighted by Gasteiger charge is -2.29. The van der Waals surface area contributed by atoms with Crippen molar-refractivity contribution >= 4 is 40.5 Å². The molecule has 0 spiro atoms. The average molecular weight is 577 g/mol. The summed E-state index contributed by atoms with van der Waals surface area (Å²) in [6.07, 6.45) is 1.73. The number of rotatable bonds is 14. The number of benzene rings is 2. The fraction of sp³-hybridized carbons (Fsp3) is 0.406. The summed E-state index contributed by atoms with van der Waals surface area (Å²) in [6.45, 7) is 13.7. The van der Waals surface area contributed by atoms with E-state index in [2.05, 4.69) is 41.6 Å². The van der Waals surface area contributed by atoms with E-state index < -0.39 is 0 Å². The number of phenolic OH excluding ortho intramolecular Hbond substituents is 1. The van der Waals surface area contributed by atoms with E-state index in [0.717, 1.165) is 31.7 Å². The van der Waals surface area contributed by atoms with E-state index in [1.807, 2.05) is 49.4 Å². The topological polar surface area (TPSA) is 119 Å². The number of hydrogen-bond donors (Lipinski definition) is 4. The first-order chi connectivity index (χ1) is 20.2. The van der Waals surface area contributed by atoms with Crippen LogP contribution in [0.4, 0.5) is 33.4 Å². The van der Waals surface area contributed by atoms with Crippen LogP contribution in [0, 0.1) is 12.8 Å². The molecule has 4 N–H and O–H groups in total. The standard InChI is InChI=1S/C32H44N6O4/c1-7-10-18-33-32(41)38(27-16-17-30(35-23(27)6)37(8-2)9-3)28-19-26(34-21-42-24-14-12-11-13-15-24)29(39)20-25(28)36-31(40)22(4)5/h11-17,19-20,22,34,39H,7-10,18,21H2,1-6H3,(H,33,41)(H,36,40). The van der Waals surface area contributed by atoms with Gasteiger partial charge >= 0.3 is 6.03 Å². The zero-order chi connectivity index (χ0) is 30.6. The molecule has 0 fully saturated rings. The van der Waals surface area contributed by atoms with Crippen molar-refractivity contribution in [1.29, 1.82) is 0 Å². The molecule has 0 aliphatic carbocycles. The maximum absolute atomic E-state index is 13.8. The number of aryl methyl sites for hydroxylation is 1. The molecule has 3 aromatic rings. The number of unbranched alkanes of at least 4 members (excludes halogenated alkanes) is 1. The maximum atomic E-state index is 13.8. The Labute approximate surface area is 249 Å². The zero-order valence-electron chi connectivity index (χ0n) is 25.5. The van der Waals surface area contributed by atoms with E-state index in [1.54, 1.807) is 19.9 Å². The number of hydrogen-bond acceptors (Lipinski definition) is 7. The molecule has 0 aliphatic rings. The Morgan fingerprint density at radius 3 is 2.31 bits per heavy atom. The van der Waals surface area contributed by atoms with Gasteiger partial charge in [-0.2, -0.15) is 0 Å². The Morgan fingerprint density at radius 2 is 1.69 bits per heavy atom. The van der Waals surface area contributed by atoms with E-state index in [0.29, 0.717) is 40.7 Å². The Balaban J connectivity index is 2.11. The number of aromatic nitrogens is 1. The molecule has 42 heavy (non-hydrogen) atoms. The molecule has 1 aromatic heterocycles. The minimum Gasteiger partial charge on any atom is -0.506 e. The van der Waals surface area contributed by atoms with E-state index in [1.165, 1.54) is 11.0 Å². The highest BCUT2D eigenvalue weighted by molar-refractivity contribution is 6.06. The van der Waals surface area contributed by atoms with Gasteiger partial charge in [0.05, 0.1) is 28.4 Å². The molecular weight excluding hydrogens is 532 g/mol. The molecule has 0 unspecified atom stereocenters. The fourth-order valence-electron chi connectivity index (χ4n) is 4.29. The third-order valence-corrected chi connectivity index (χ3v) is 6.76. The van der Waals surface area contributed by atoms with Crippen LogP contribution in [0.2, 0.25) is 0 Å². The van der Waals surface area contributed by atoms with Crippen LogP contribution >= 0.6 is 0 Å². The molecule has 0 saturated heterocycles. The molecule has 0 saturated carbocycles. The monoisotopic (exact) mass is 576 g/mol. The Bertz CT molecular complexity index is 1330. The summed E-state index contributed by atoms with van der Waals surface area (Å²) in [5.74, 6) is 0.805. The first kappa shape index (κ1) is 32.0. The second-order valence-corrected chi connectivity index (χ2v) is 10.2. The summed E-state index contributed by atoms with van der Waals surface area (Å²) in [4.78, 5) is 35.1. The van der Waals surface area contributed by atoms with Crippen molar-refractivity contribution in [3.8, 4) is 11.5 Å². The number of aromatic hydroxyl groups is 1. The number of urea groups is 1. The van der Waals surface area contributed by atoms with Crippen LogP contribution in [0.15, 0.2) is 54.6 Å². The molecular formula is C32H44N6O4. The average Bonchev–Trinajstić information content (AvgIpc) is 2.97. The molecule has 0 atom stereocenters. The predicted molar refractivity (Wildman–Crippen MR) is 170 cm³/mol. The Kier molecular flexibility index (Phi) is 11.8. The first-order valence-corrected chi connectivity index (χ1v) is 14.6. The van der Waals surface area contributed by atoms with E-state index >= 15 is 0 Å². The highest BCUT2D eigenvalue weighted by Crippen LogP contribution is 2.41. The summed E-state index contributed by atoms with van der Waals surface area (Å²) >= 11 is 0. The number of phenols is 1. The van der Waals surface area contributed by atoms with Gasteiger partial charge in [-0.3, -0.25) is 9.69 Å². The highest BCUT2D eigenvalue weighted by Gasteiger charge is 2.26. The van der Waals surface area contributed by atoms with Gasteiger partial charge in [0.15, 0.2) is 6.73 Å². The van der Waals surface area contributed by atoms with Gasteiger partial charge in [-0.1, -0.05) is 45.4 Å². The summed E-state index contributed by atoms with van der Waals surface area (Å²) in [5, 5.41) is 19.9. The summed E-state index contributed by atoms with van der Waals surface area (Å²) in [6, 6.07) is 15.8. The first-order valence-electron chi connectivity index (χ1n) is 14.6. The SMILES string of the molecule is CCCCNC(=O)N(c1cc(NCOc2ccccc2)c(O)cc1NC(=O)C(C)C)c1ccc(N(CC)CC)nc1C. The quantitative estimate of drug-likeness (QED) is 0.0966. The van der Waals surface area contributed by atoms with Crippen molar-refractivity contribution in [2.75, 3.05) is 46.8 Å². The molecule has 3 amide bonds. The van der Waals surface area contributed by atoms with Crippen molar-refractivity contribution < 1.29 is 19.4 Å². The molecule has 0 aliphatic heterocycles. The van der Waals surface area contributed by atoms with Gasteiger partial charge in [0.25, 0.3) is 0 Å². The van der Waals surface area contributed by atoms with Crippen molar-refractivity contribution in [2.45, 2.75) is 54.4 Å². The highest BCUT2D eigenvalue weighted by atomic mass is 16.5. The second-order valence-electron chi connectivity index (χ2n) is 10.2. The number of nitrogens with one attached hydrogen (secondary N) is 3. The summed E-state index contributed by atoms with van der Waals surface area (Å²) < 4.78 is 5.77. The van der Waals surface area contributed by atoms with Gasteiger partial charge in [-0.05, 0) is 57.5 Å². The van der Waals surface area contributed by atoms with Crippen molar-refractivity contribution in [3.63, 3.8) is 0 Å². The van der Waals surface area contributed by atoms with Gasteiger partial charge in [0.2, 0.25) is 5.91 Å². The van der Waals surface area contributed by atoms with Gasteiger partial charge in [-0.25, -0.2) is 9.78 Å². The molecule has 0 bridgehead atoms. The van der Waals surface area contributed by atoms with Crippen LogP contribution in [0.5, 0.6) is 11.5 Å². The Morgan fingerprint density at radius 1 is 0.976 bits per heavy atom. The number of anilines is 5. The second kappa shape index (κ2) is 15.5. The fourth-order valence-corrected chi connectivity index (χ4v) is 4.29. The molecule has 1 heterocycles. The normalized spacial score (nSPS) is 10.7. The lowest BCUT2D eigenvalue weighted by atomic mass is 10.1. The lowest BCUT2D eigenvalue weighted by Crippen LogP contribution is -2.38. The van der Waals surface area contributed by atoms with E-state index in [-0.39, 0.29) is 30.3 Å². The van der Waals surface area contributed by atoms with Crippen molar-refractivity contribution in [3.05, 3.63) is 60.3 Å². The van der Waals surface area contributed by atoms with Crippen LogP contribution in [0.25, 0.3) is 0 Å². The number of para-hydroxylation sites is 1. The third kappa shape index (κ3) is 8.28. The molecule has 2 aromatic carbocycles. The van der Waals surface area contributed by atoms with Crippen LogP contribution < -0.4 is 30.5 Å². The molecule has 10 nitrogen and oxygen atoms in total. The minimum absolute atomic E-state index is 0.0660. The number of nitrogens with zero attached hydrogens (tertiary/aromatic N) is 3. The Hall–Kier alpha value is -4.47. The number of amides is 3. The maximum Gasteiger partial charge on any atom is 0.326 e. The zero-order valence-corrected chi connectivity index (χ0v) is 25.5. The van der Waals surface area contributed by atoms with Gasteiger partial charge in [0.1, 0.15) is 17.3 Å². The third-order valence-electron chi connectivity index (χ3n) is 6.76. The number of ether oxygens (including phenoxy) is 1. The molecule has 226 valence electrons. The van der Waals surface area contributed by atoms with Crippen molar-refractivity contribution in [1.82, 2.24) is 10.3 Å².